The smallest absolute Gasteiger partial charge is 0.0406 e. The van der Waals surface area contributed by atoms with Gasteiger partial charge in [0.15, 0.2) is 0 Å². The van der Waals surface area contributed by atoms with Gasteiger partial charge in [-0.25, -0.2) is 0 Å². The Morgan fingerprint density at radius 3 is 2.50 bits per heavy atom. The summed E-state index contributed by atoms with van der Waals surface area (Å²) in [5, 5.41) is 4.59. The van der Waals surface area contributed by atoms with Gasteiger partial charge < -0.3 is 5.32 Å². The molecule has 2 heteroatoms. The van der Waals surface area contributed by atoms with Gasteiger partial charge in [0.2, 0.25) is 0 Å². The van der Waals surface area contributed by atoms with E-state index in [1.54, 1.807) is 0 Å². The van der Waals surface area contributed by atoms with Crippen molar-refractivity contribution in [1.29, 1.82) is 0 Å². The number of benzene rings is 1. The van der Waals surface area contributed by atoms with E-state index >= 15 is 0 Å². The minimum absolute atomic E-state index is 0.340. The highest BCUT2D eigenvalue weighted by atomic mass is 35.5. The monoisotopic (exact) mass is 263 g/mol. The zero-order valence-corrected chi connectivity index (χ0v) is 11.8. The zero-order valence-electron chi connectivity index (χ0n) is 11.1. The van der Waals surface area contributed by atoms with Gasteiger partial charge in [0.1, 0.15) is 0 Å². The lowest BCUT2D eigenvalue weighted by molar-refractivity contribution is 0.316. The molecule has 1 nitrogen and oxygen atoms in total. The Morgan fingerprint density at radius 2 is 1.94 bits per heavy atom. The molecule has 2 atom stereocenters. The molecule has 98 valence electrons. The average molecular weight is 264 g/mol. The standard InChI is InChI=1S/C16H22ClN/c1-12-3-2-10-16(12,11-18-15-8-9-15)13-4-6-14(17)7-5-13/h4-7,12,15,18H,2-3,8-11H2,1H3. The Kier molecular flexibility index (Phi) is 3.38. The molecule has 0 bridgehead atoms. The van der Waals surface area contributed by atoms with Crippen LogP contribution in [0, 0.1) is 5.92 Å². The third-order valence-corrected chi connectivity index (χ3v) is 5.16. The van der Waals surface area contributed by atoms with Crippen molar-refractivity contribution in [2.75, 3.05) is 6.54 Å². The van der Waals surface area contributed by atoms with E-state index in [0.29, 0.717) is 5.41 Å². The van der Waals surface area contributed by atoms with Crippen molar-refractivity contribution in [2.24, 2.45) is 5.92 Å². The van der Waals surface area contributed by atoms with Gasteiger partial charge >= 0.3 is 0 Å². The number of hydrogen-bond acceptors (Lipinski definition) is 1. The summed E-state index contributed by atoms with van der Waals surface area (Å²) < 4.78 is 0. The van der Waals surface area contributed by atoms with Crippen LogP contribution in [0.3, 0.4) is 0 Å². The van der Waals surface area contributed by atoms with Crippen molar-refractivity contribution in [3.63, 3.8) is 0 Å². The van der Waals surface area contributed by atoms with Crippen molar-refractivity contribution in [3.05, 3.63) is 34.9 Å². The molecule has 1 N–H and O–H groups in total. The fraction of sp³-hybridized carbons (Fsp3) is 0.625. The van der Waals surface area contributed by atoms with Crippen LogP contribution in [0.2, 0.25) is 5.02 Å². The summed E-state index contributed by atoms with van der Waals surface area (Å²) in [4.78, 5) is 0. The molecule has 3 rings (SSSR count). The second kappa shape index (κ2) is 4.86. The number of halogens is 1. The maximum absolute atomic E-state index is 6.02. The number of nitrogens with one attached hydrogen (secondary N) is 1. The largest absolute Gasteiger partial charge is 0.313 e. The van der Waals surface area contributed by atoms with Crippen LogP contribution in [0.1, 0.15) is 44.6 Å². The molecule has 2 aliphatic rings. The Balaban J connectivity index is 1.85. The molecule has 2 saturated carbocycles. The molecule has 1 aromatic carbocycles. The summed E-state index contributed by atoms with van der Waals surface area (Å²) in [6.07, 6.45) is 6.76. The number of rotatable bonds is 4. The predicted octanol–water partition coefficient (Wildman–Crippen LogP) is 4.15. The van der Waals surface area contributed by atoms with Crippen LogP contribution < -0.4 is 5.32 Å². The minimum Gasteiger partial charge on any atom is -0.313 e. The molecule has 0 aromatic heterocycles. The summed E-state index contributed by atoms with van der Waals surface area (Å²) >= 11 is 6.02. The maximum Gasteiger partial charge on any atom is 0.0406 e. The highest BCUT2D eigenvalue weighted by molar-refractivity contribution is 6.30. The van der Waals surface area contributed by atoms with Gasteiger partial charge in [0.25, 0.3) is 0 Å². The topological polar surface area (TPSA) is 12.0 Å². The minimum atomic E-state index is 0.340. The molecule has 2 aliphatic carbocycles. The van der Waals surface area contributed by atoms with E-state index in [1.165, 1.54) is 37.7 Å². The SMILES string of the molecule is CC1CCCC1(CNC1CC1)c1ccc(Cl)cc1. The first-order valence-electron chi connectivity index (χ1n) is 7.20. The maximum atomic E-state index is 6.02. The summed E-state index contributed by atoms with van der Waals surface area (Å²) in [7, 11) is 0. The van der Waals surface area contributed by atoms with Crippen LogP contribution in [-0.2, 0) is 5.41 Å². The Labute approximate surface area is 115 Å². The van der Waals surface area contributed by atoms with E-state index in [1.807, 2.05) is 12.1 Å². The summed E-state index contributed by atoms with van der Waals surface area (Å²) in [5.74, 6) is 0.768. The van der Waals surface area contributed by atoms with E-state index in [4.69, 9.17) is 11.6 Å². The zero-order chi connectivity index (χ0) is 12.6. The van der Waals surface area contributed by atoms with Gasteiger partial charge in [-0.05, 0) is 49.3 Å². The summed E-state index contributed by atoms with van der Waals surface area (Å²) in [5.41, 5.74) is 1.82. The van der Waals surface area contributed by atoms with Crippen molar-refractivity contribution in [3.8, 4) is 0 Å². The molecule has 2 fully saturated rings. The molecule has 0 amide bonds. The van der Waals surface area contributed by atoms with Gasteiger partial charge in [-0.2, -0.15) is 0 Å². The fourth-order valence-electron chi connectivity index (χ4n) is 3.44. The molecule has 0 aliphatic heterocycles. The van der Waals surface area contributed by atoms with Crippen LogP contribution in [0.4, 0.5) is 0 Å². The first-order valence-corrected chi connectivity index (χ1v) is 7.58. The molecule has 18 heavy (non-hydrogen) atoms. The second-order valence-corrected chi connectivity index (χ2v) is 6.55. The molecule has 0 heterocycles. The van der Waals surface area contributed by atoms with E-state index in [-0.39, 0.29) is 0 Å². The van der Waals surface area contributed by atoms with Crippen LogP contribution >= 0.6 is 11.6 Å². The van der Waals surface area contributed by atoms with Gasteiger partial charge in [0, 0.05) is 23.0 Å². The van der Waals surface area contributed by atoms with Gasteiger partial charge in [-0.15, -0.1) is 0 Å². The number of hydrogen-bond donors (Lipinski definition) is 1. The van der Waals surface area contributed by atoms with Crippen molar-refractivity contribution >= 4 is 11.6 Å². The second-order valence-electron chi connectivity index (χ2n) is 6.11. The highest BCUT2D eigenvalue weighted by Gasteiger charge is 2.42. The molecule has 0 spiro atoms. The van der Waals surface area contributed by atoms with Gasteiger partial charge in [-0.3, -0.25) is 0 Å². The van der Waals surface area contributed by atoms with Crippen LogP contribution in [0.25, 0.3) is 0 Å². The first kappa shape index (κ1) is 12.5. The molecule has 1 aromatic rings. The normalized spacial score (nSPS) is 31.8. The van der Waals surface area contributed by atoms with E-state index in [9.17, 15) is 0 Å². The van der Waals surface area contributed by atoms with E-state index in [2.05, 4.69) is 24.4 Å². The highest BCUT2D eigenvalue weighted by Crippen LogP contribution is 2.45. The third kappa shape index (κ3) is 2.31. The molecule has 0 saturated heterocycles. The first-order chi connectivity index (χ1) is 8.71. The summed E-state index contributed by atoms with van der Waals surface area (Å²) in [6.45, 7) is 3.55. The lowest BCUT2D eigenvalue weighted by atomic mass is 9.73. The fourth-order valence-corrected chi connectivity index (χ4v) is 3.56. The molecule has 0 radical (unpaired) electrons. The Bertz CT molecular complexity index is 410. The Hall–Kier alpha value is -0.530. The predicted molar refractivity (Wildman–Crippen MR) is 77.2 cm³/mol. The van der Waals surface area contributed by atoms with Crippen molar-refractivity contribution in [2.45, 2.75) is 50.5 Å². The van der Waals surface area contributed by atoms with Crippen LogP contribution in [-0.4, -0.2) is 12.6 Å². The third-order valence-electron chi connectivity index (χ3n) is 4.91. The van der Waals surface area contributed by atoms with Gasteiger partial charge in [-0.1, -0.05) is 37.1 Å². The lowest BCUT2D eigenvalue weighted by Crippen LogP contribution is -2.41. The molecule has 2 unspecified atom stereocenters. The lowest BCUT2D eigenvalue weighted by Gasteiger charge is -2.35. The quantitative estimate of drug-likeness (QED) is 0.861. The van der Waals surface area contributed by atoms with Crippen molar-refractivity contribution in [1.82, 2.24) is 5.32 Å². The van der Waals surface area contributed by atoms with Crippen LogP contribution in [0.15, 0.2) is 24.3 Å². The van der Waals surface area contributed by atoms with Gasteiger partial charge in [0.05, 0.1) is 0 Å². The molecular weight excluding hydrogens is 242 g/mol. The average Bonchev–Trinajstić information content (AvgIpc) is 3.12. The molecular formula is C16H22ClN. The van der Waals surface area contributed by atoms with Crippen LogP contribution in [0.5, 0.6) is 0 Å². The summed E-state index contributed by atoms with van der Waals surface area (Å²) in [6, 6.07) is 9.35. The van der Waals surface area contributed by atoms with Crippen molar-refractivity contribution < 1.29 is 0 Å². The van der Waals surface area contributed by atoms with E-state index < -0.39 is 0 Å². The Morgan fingerprint density at radius 1 is 1.22 bits per heavy atom. The van der Waals surface area contributed by atoms with E-state index in [0.717, 1.165) is 23.5 Å².